The molecule has 0 unspecified atom stereocenters. The molecule has 0 fully saturated rings. The van der Waals surface area contributed by atoms with E-state index >= 15 is 0 Å². The van der Waals surface area contributed by atoms with Crippen LogP contribution < -0.4 is 2.84 Å². The Bertz CT molecular complexity index is 663. The number of fused-ring (bicyclic) bond motifs is 1. The average molecular weight is 486 g/mol. The van der Waals surface area contributed by atoms with Gasteiger partial charge in [-0.25, -0.2) is 0 Å². The Balaban J connectivity index is 2.10. The van der Waals surface area contributed by atoms with Gasteiger partial charge in [0.2, 0.25) is 0 Å². The summed E-state index contributed by atoms with van der Waals surface area (Å²) in [5.74, 6) is 0.929. The summed E-state index contributed by atoms with van der Waals surface area (Å²) in [6, 6.07) is 2.05. The Hall–Kier alpha value is -0.667. The molecule has 0 aliphatic carbocycles. The average Bonchev–Trinajstić information content (AvgIpc) is 2.84. The molecule has 3 rings (SSSR count). The summed E-state index contributed by atoms with van der Waals surface area (Å²) in [5.41, 5.74) is 3.71. The Kier molecular flexibility index (Phi) is 3.54. The molecule has 20 heavy (non-hydrogen) atoms. The first-order chi connectivity index (χ1) is 9.37. The second kappa shape index (κ2) is 4.96. The van der Waals surface area contributed by atoms with Crippen LogP contribution in [0.5, 0.6) is 0 Å². The second-order valence-electron chi connectivity index (χ2n) is 6.00. The number of pyridine rings is 1. The van der Waals surface area contributed by atoms with Gasteiger partial charge < -0.3 is 0 Å². The maximum absolute atomic E-state index is 6.35. The fourth-order valence-corrected chi connectivity index (χ4v) is 3.24. The van der Waals surface area contributed by atoms with Crippen LogP contribution in [0, 0.1) is 30.4 Å². The summed E-state index contributed by atoms with van der Waals surface area (Å²) in [6.07, 6.45) is 4.68. The van der Waals surface area contributed by atoms with Crippen molar-refractivity contribution in [2.75, 3.05) is 9.89 Å². The standard InChI is InChI=1S/C14H16AtClN4/c1-14(2)5-12-10(6-18-20(12)8-14)9-4-13(19(3)15)17-7-11(9)16/h4,6-7H,5,8H2,1-3H3. The first-order valence-electron chi connectivity index (χ1n) is 6.47. The molecule has 0 spiro atoms. The quantitative estimate of drug-likeness (QED) is 0.656. The van der Waals surface area contributed by atoms with Crippen LogP contribution in [0.3, 0.4) is 0 Å². The third-order valence-corrected chi connectivity index (χ3v) is 4.59. The van der Waals surface area contributed by atoms with Gasteiger partial charge in [-0.2, -0.15) is 0 Å². The van der Waals surface area contributed by atoms with Crippen LogP contribution in [0.25, 0.3) is 11.1 Å². The number of anilines is 1. The van der Waals surface area contributed by atoms with E-state index in [-0.39, 0.29) is 5.41 Å². The van der Waals surface area contributed by atoms with Crippen LogP contribution in [0.15, 0.2) is 18.5 Å². The third kappa shape index (κ3) is 2.46. The summed E-state index contributed by atoms with van der Waals surface area (Å²) in [6.45, 7) is 5.51. The molecule has 1 aliphatic rings. The van der Waals surface area contributed by atoms with Gasteiger partial charge in [-0.15, -0.1) is 0 Å². The Morgan fingerprint density at radius 3 is 2.80 bits per heavy atom. The van der Waals surface area contributed by atoms with Crippen molar-refractivity contribution in [2.45, 2.75) is 26.8 Å². The molecule has 106 valence electrons. The molecule has 0 bridgehead atoms. The number of aromatic nitrogens is 3. The number of hydrogen-bond donors (Lipinski definition) is 0. The van der Waals surface area contributed by atoms with E-state index in [0.717, 1.165) is 29.9 Å². The van der Waals surface area contributed by atoms with Crippen LogP contribution >= 0.6 is 11.6 Å². The molecule has 1 aliphatic heterocycles. The van der Waals surface area contributed by atoms with E-state index in [9.17, 15) is 0 Å². The van der Waals surface area contributed by atoms with E-state index in [1.807, 2.05) is 22.2 Å². The third-order valence-electron chi connectivity index (χ3n) is 3.62. The van der Waals surface area contributed by atoms with Crippen LogP contribution in [0.2, 0.25) is 5.02 Å². The van der Waals surface area contributed by atoms with Gasteiger partial charge in [-0.05, 0) is 0 Å². The number of hydrogen-bond acceptors (Lipinski definition) is 3. The SMILES string of the molecule is CN([At])c1cc(-c2cnn3c2CC(C)(C)C3)c(Cl)cn1. The zero-order valence-corrected chi connectivity index (χ0v) is 15.4. The van der Waals surface area contributed by atoms with Crippen LogP contribution in [0.4, 0.5) is 5.82 Å². The molecule has 0 atom stereocenters. The fourth-order valence-electron chi connectivity index (χ4n) is 2.68. The van der Waals surface area contributed by atoms with Gasteiger partial charge in [0.25, 0.3) is 0 Å². The summed E-state index contributed by atoms with van der Waals surface area (Å²) in [4.78, 5) is 4.35. The molecule has 0 saturated heterocycles. The van der Waals surface area contributed by atoms with Crippen LogP contribution in [-0.4, -0.2) is 21.8 Å². The molecule has 0 saturated carbocycles. The van der Waals surface area contributed by atoms with Crippen LogP contribution in [-0.2, 0) is 13.0 Å². The molecule has 0 N–H and O–H groups in total. The predicted molar refractivity (Wildman–Crippen MR) is 76.4 cm³/mol. The summed E-state index contributed by atoms with van der Waals surface area (Å²) in [5, 5.41) is 5.19. The molecule has 6 heteroatoms. The molecule has 0 amide bonds. The van der Waals surface area contributed by atoms with Crippen molar-refractivity contribution in [1.82, 2.24) is 14.8 Å². The predicted octanol–water partition coefficient (Wildman–Crippen LogP) is 3.08. The normalized spacial score (nSPS) is 16.2. The molecule has 0 aromatic carbocycles. The van der Waals surface area contributed by atoms with E-state index in [2.05, 4.69) is 28.6 Å². The van der Waals surface area contributed by atoms with Crippen molar-refractivity contribution in [1.29, 1.82) is 0 Å². The molecule has 0 radical (unpaired) electrons. The van der Waals surface area contributed by atoms with Gasteiger partial charge in [0.15, 0.2) is 0 Å². The van der Waals surface area contributed by atoms with Crippen molar-refractivity contribution >= 4 is 17.4 Å². The number of rotatable bonds is 2. The van der Waals surface area contributed by atoms with Gasteiger partial charge in [0.1, 0.15) is 0 Å². The minimum absolute atomic E-state index is 0.269. The molecule has 3 heterocycles. The zero-order chi connectivity index (χ0) is 14.5. The van der Waals surface area contributed by atoms with Crippen molar-refractivity contribution < 1.29 is 25.0 Å². The van der Waals surface area contributed by atoms with Gasteiger partial charge >= 0.3 is 140 Å². The van der Waals surface area contributed by atoms with Gasteiger partial charge in [-0.1, -0.05) is 0 Å². The van der Waals surface area contributed by atoms with E-state index in [4.69, 9.17) is 11.6 Å². The van der Waals surface area contributed by atoms with E-state index in [1.54, 1.807) is 31.2 Å². The van der Waals surface area contributed by atoms with Gasteiger partial charge in [0, 0.05) is 0 Å². The van der Waals surface area contributed by atoms with E-state index in [0.29, 0.717) is 5.02 Å². The summed E-state index contributed by atoms with van der Waals surface area (Å²) >= 11 is 7.91. The Morgan fingerprint density at radius 1 is 1.35 bits per heavy atom. The minimum atomic E-state index is 0.269. The van der Waals surface area contributed by atoms with Gasteiger partial charge in [-0.3, -0.25) is 0 Å². The zero-order valence-electron chi connectivity index (χ0n) is 11.7. The molecular formula is C14H16AtClN4. The van der Waals surface area contributed by atoms with Gasteiger partial charge in [0.05, 0.1) is 0 Å². The van der Waals surface area contributed by atoms with Crippen molar-refractivity contribution in [3.05, 3.63) is 29.2 Å². The maximum atomic E-state index is 6.35. The monoisotopic (exact) mass is 485 g/mol. The van der Waals surface area contributed by atoms with Crippen molar-refractivity contribution in [3.63, 3.8) is 0 Å². The molecule has 2 aromatic rings. The molecule has 4 nitrogen and oxygen atoms in total. The van der Waals surface area contributed by atoms with Crippen LogP contribution in [0.1, 0.15) is 19.5 Å². The fraction of sp³-hybridized carbons (Fsp3) is 0.429. The summed E-state index contributed by atoms with van der Waals surface area (Å²) < 4.78 is 4.14. The first kappa shape index (κ1) is 14.3. The van der Waals surface area contributed by atoms with E-state index in [1.165, 1.54) is 5.69 Å². The topological polar surface area (TPSA) is 34.0 Å². The Morgan fingerprint density at radius 2 is 2.10 bits per heavy atom. The second-order valence-corrected chi connectivity index (χ2v) is 8.38. The number of halogens is 1. The molecular weight excluding hydrogens is 470 g/mol. The first-order valence-corrected chi connectivity index (χ1v) is 8.17. The van der Waals surface area contributed by atoms with Crippen molar-refractivity contribution in [3.8, 4) is 11.1 Å². The number of nitrogens with zero attached hydrogens (tertiary/aromatic N) is 4. The molecule has 2 aromatic heterocycles. The van der Waals surface area contributed by atoms with Crippen molar-refractivity contribution in [2.24, 2.45) is 5.41 Å². The van der Waals surface area contributed by atoms with E-state index < -0.39 is 0 Å². The Labute approximate surface area is 139 Å². The summed E-state index contributed by atoms with van der Waals surface area (Å²) in [7, 11) is 2.00.